The van der Waals surface area contributed by atoms with E-state index in [9.17, 15) is 14.4 Å². The molecule has 136 valence electrons. The zero-order chi connectivity index (χ0) is 18.2. The quantitative estimate of drug-likeness (QED) is 0.592. The fraction of sp³-hybridized carbons (Fsp3) is 0.500. The summed E-state index contributed by atoms with van der Waals surface area (Å²) in [6, 6.07) is 1.72. The van der Waals surface area contributed by atoms with E-state index in [1.54, 1.807) is 13.0 Å². The first-order valence-electron chi connectivity index (χ1n) is 8.46. The highest BCUT2D eigenvalue weighted by molar-refractivity contribution is 7.16. The summed E-state index contributed by atoms with van der Waals surface area (Å²) in [6.45, 7) is 3.59. The summed E-state index contributed by atoms with van der Waals surface area (Å²) in [4.78, 5) is 37.0. The zero-order valence-electron chi connectivity index (χ0n) is 14.5. The highest BCUT2D eigenvalue weighted by Crippen LogP contribution is 2.29. The first-order chi connectivity index (χ1) is 12.0. The topological polar surface area (TPSA) is 81.7 Å². The van der Waals surface area contributed by atoms with Crippen LogP contribution in [-0.4, -0.2) is 31.1 Å². The SMILES string of the molecule is CCOC(=O)c1cc(CC)sc1NC(=O)COC(=O)[C@@H]1CC=CCC1. The molecule has 1 aliphatic rings. The van der Waals surface area contributed by atoms with Crippen LogP contribution in [0.4, 0.5) is 5.00 Å². The van der Waals surface area contributed by atoms with Gasteiger partial charge in [-0.3, -0.25) is 9.59 Å². The van der Waals surface area contributed by atoms with E-state index < -0.39 is 11.9 Å². The number of rotatable bonds is 7. The van der Waals surface area contributed by atoms with Crippen LogP contribution in [0.3, 0.4) is 0 Å². The summed E-state index contributed by atoms with van der Waals surface area (Å²) in [7, 11) is 0. The highest BCUT2D eigenvalue weighted by Gasteiger charge is 2.22. The standard InChI is InChI=1S/C18H23NO5S/c1-3-13-10-14(18(22)23-4-2)16(25-13)19-15(20)11-24-17(21)12-8-6-5-7-9-12/h5-6,10,12H,3-4,7-9,11H2,1-2H3,(H,19,20)/t12-/m1/s1. The van der Waals surface area contributed by atoms with Crippen LogP contribution in [-0.2, 0) is 25.5 Å². The predicted molar refractivity (Wildman–Crippen MR) is 95.7 cm³/mol. The Labute approximate surface area is 151 Å². The van der Waals surface area contributed by atoms with Crippen LogP contribution in [0.15, 0.2) is 18.2 Å². The largest absolute Gasteiger partial charge is 0.462 e. The van der Waals surface area contributed by atoms with Crippen molar-refractivity contribution in [3.63, 3.8) is 0 Å². The molecule has 0 spiro atoms. The smallest absolute Gasteiger partial charge is 0.341 e. The normalized spacial score (nSPS) is 16.3. The Hall–Kier alpha value is -2.15. The van der Waals surface area contributed by atoms with Crippen LogP contribution in [0.25, 0.3) is 0 Å². The average Bonchev–Trinajstić information content (AvgIpc) is 3.03. The lowest BCUT2D eigenvalue weighted by Crippen LogP contribution is -2.25. The molecule has 6 nitrogen and oxygen atoms in total. The molecular formula is C18H23NO5S. The van der Waals surface area contributed by atoms with Crippen LogP contribution in [0.1, 0.15) is 48.3 Å². The molecule has 7 heteroatoms. The summed E-state index contributed by atoms with van der Waals surface area (Å²) in [5, 5.41) is 3.08. The summed E-state index contributed by atoms with van der Waals surface area (Å²) in [5.41, 5.74) is 0.334. The van der Waals surface area contributed by atoms with Crippen LogP contribution in [0, 0.1) is 5.92 Å². The van der Waals surface area contributed by atoms with Crippen LogP contribution >= 0.6 is 11.3 Å². The third kappa shape index (κ3) is 5.42. The Morgan fingerprint density at radius 1 is 1.24 bits per heavy atom. The molecule has 0 aromatic carbocycles. The first kappa shape index (κ1) is 19.2. The van der Waals surface area contributed by atoms with Gasteiger partial charge in [0.1, 0.15) is 5.00 Å². The van der Waals surface area contributed by atoms with E-state index in [2.05, 4.69) is 5.32 Å². The van der Waals surface area contributed by atoms with E-state index in [0.717, 1.165) is 24.1 Å². The maximum Gasteiger partial charge on any atom is 0.341 e. The van der Waals surface area contributed by atoms with Gasteiger partial charge in [-0.1, -0.05) is 19.1 Å². The number of ether oxygens (including phenoxy) is 2. The lowest BCUT2D eigenvalue weighted by Gasteiger charge is -2.16. The van der Waals surface area contributed by atoms with Crippen molar-refractivity contribution in [2.45, 2.75) is 39.5 Å². The minimum Gasteiger partial charge on any atom is -0.462 e. The molecule has 1 heterocycles. The molecule has 0 radical (unpaired) electrons. The van der Waals surface area contributed by atoms with E-state index in [1.807, 2.05) is 19.1 Å². The first-order valence-corrected chi connectivity index (χ1v) is 9.28. The third-order valence-corrected chi connectivity index (χ3v) is 5.02. The van der Waals surface area contributed by atoms with E-state index in [0.29, 0.717) is 17.0 Å². The Kier molecular flexibility index (Phi) is 7.18. The van der Waals surface area contributed by atoms with E-state index in [-0.39, 0.29) is 25.1 Å². The number of anilines is 1. The van der Waals surface area contributed by atoms with Crippen molar-refractivity contribution in [2.24, 2.45) is 5.92 Å². The van der Waals surface area contributed by atoms with Crippen LogP contribution in [0.5, 0.6) is 0 Å². The van der Waals surface area contributed by atoms with Crippen molar-refractivity contribution in [1.82, 2.24) is 0 Å². The Morgan fingerprint density at radius 2 is 2.04 bits per heavy atom. The van der Waals surface area contributed by atoms with Gasteiger partial charge in [0.15, 0.2) is 6.61 Å². The lowest BCUT2D eigenvalue weighted by molar-refractivity contribution is -0.151. The zero-order valence-corrected chi connectivity index (χ0v) is 15.3. The number of aryl methyl sites for hydroxylation is 1. The van der Waals surface area contributed by atoms with Crippen molar-refractivity contribution >= 4 is 34.2 Å². The van der Waals surface area contributed by atoms with Gasteiger partial charge in [0.2, 0.25) is 0 Å². The van der Waals surface area contributed by atoms with Crippen LogP contribution < -0.4 is 5.32 Å². The molecule has 2 rings (SSSR count). The molecule has 1 amide bonds. The molecule has 0 fully saturated rings. The Balaban J connectivity index is 1.93. The van der Waals surface area contributed by atoms with Crippen molar-refractivity contribution in [2.75, 3.05) is 18.5 Å². The van der Waals surface area contributed by atoms with Gasteiger partial charge in [-0.15, -0.1) is 11.3 Å². The van der Waals surface area contributed by atoms with Gasteiger partial charge in [0, 0.05) is 4.88 Å². The van der Waals surface area contributed by atoms with Gasteiger partial charge in [-0.25, -0.2) is 4.79 Å². The molecule has 1 atom stereocenters. The number of carbonyl (C=O) groups excluding carboxylic acids is 3. The number of amides is 1. The Morgan fingerprint density at radius 3 is 2.68 bits per heavy atom. The number of allylic oxidation sites excluding steroid dienone is 2. The number of esters is 2. The second-order valence-corrected chi connectivity index (χ2v) is 6.80. The summed E-state index contributed by atoms with van der Waals surface area (Å²) in [5.74, 6) is -1.47. The molecule has 0 bridgehead atoms. The van der Waals surface area contributed by atoms with Crippen molar-refractivity contribution in [3.8, 4) is 0 Å². The highest BCUT2D eigenvalue weighted by atomic mass is 32.1. The lowest BCUT2D eigenvalue weighted by atomic mass is 9.95. The van der Waals surface area contributed by atoms with E-state index in [4.69, 9.17) is 9.47 Å². The van der Waals surface area contributed by atoms with Crippen molar-refractivity contribution < 1.29 is 23.9 Å². The van der Waals surface area contributed by atoms with Gasteiger partial charge in [0.25, 0.3) is 5.91 Å². The summed E-state index contributed by atoms with van der Waals surface area (Å²) >= 11 is 1.32. The molecule has 1 aromatic heterocycles. The average molecular weight is 365 g/mol. The predicted octanol–water partition coefficient (Wildman–Crippen LogP) is 3.33. The molecule has 0 saturated carbocycles. The van der Waals surface area contributed by atoms with Gasteiger partial charge in [0.05, 0.1) is 18.1 Å². The fourth-order valence-corrected chi connectivity index (χ4v) is 3.49. The number of thiophene rings is 1. The molecule has 25 heavy (non-hydrogen) atoms. The monoisotopic (exact) mass is 365 g/mol. The van der Waals surface area contributed by atoms with Gasteiger partial charge in [-0.2, -0.15) is 0 Å². The molecular weight excluding hydrogens is 342 g/mol. The van der Waals surface area contributed by atoms with Crippen LogP contribution in [0.2, 0.25) is 0 Å². The number of carbonyl (C=O) groups is 3. The maximum atomic E-state index is 12.1. The van der Waals surface area contributed by atoms with E-state index in [1.165, 1.54) is 11.3 Å². The molecule has 1 aromatic rings. The minimum atomic E-state index is -0.472. The second-order valence-electron chi connectivity index (χ2n) is 5.67. The Bertz CT molecular complexity index is 664. The molecule has 0 aliphatic heterocycles. The maximum absolute atomic E-state index is 12.1. The molecule has 0 unspecified atom stereocenters. The molecule has 1 aliphatic carbocycles. The van der Waals surface area contributed by atoms with Gasteiger partial charge >= 0.3 is 11.9 Å². The number of hydrogen-bond donors (Lipinski definition) is 1. The third-order valence-electron chi connectivity index (χ3n) is 3.83. The molecule has 0 saturated heterocycles. The summed E-state index contributed by atoms with van der Waals surface area (Å²) in [6.07, 6.45) is 6.99. The minimum absolute atomic E-state index is 0.179. The number of nitrogens with one attached hydrogen (secondary N) is 1. The van der Waals surface area contributed by atoms with E-state index >= 15 is 0 Å². The fourth-order valence-electron chi connectivity index (χ4n) is 2.49. The van der Waals surface area contributed by atoms with Gasteiger partial charge < -0.3 is 14.8 Å². The second kappa shape index (κ2) is 9.36. The summed E-state index contributed by atoms with van der Waals surface area (Å²) < 4.78 is 10.1. The number of hydrogen-bond acceptors (Lipinski definition) is 6. The van der Waals surface area contributed by atoms with Crippen molar-refractivity contribution in [1.29, 1.82) is 0 Å². The molecule has 1 N–H and O–H groups in total. The van der Waals surface area contributed by atoms with Crippen molar-refractivity contribution in [3.05, 3.63) is 28.7 Å². The van der Waals surface area contributed by atoms with Gasteiger partial charge in [-0.05, 0) is 38.7 Å².